The molecule has 90 valence electrons. The van der Waals surface area contributed by atoms with Crippen LogP contribution < -0.4 is 10.7 Å². The van der Waals surface area contributed by atoms with Crippen molar-refractivity contribution in [2.24, 2.45) is 12.1 Å². The normalized spacial score (nSPS) is 15.1. The summed E-state index contributed by atoms with van der Waals surface area (Å²) in [6, 6.07) is 0. The van der Waals surface area contributed by atoms with Crippen LogP contribution in [0.25, 0.3) is 0 Å². The summed E-state index contributed by atoms with van der Waals surface area (Å²) in [6.07, 6.45) is 2.20. The van der Waals surface area contributed by atoms with Crippen LogP contribution in [0.2, 0.25) is 0 Å². The molecule has 2 N–H and O–H groups in total. The molecule has 0 fully saturated rings. The molecule has 0 saturated heterocycles. The maximum absolute atomic E-state index is 11.6. The fourth-order valence-electron chi connectivity index (χ4n) is 1.36. The Hall–Kier alpha value is -2.25. The number of hydrogen-bond acceptors (Lipinski definition) is 5. The van der Waals surface area contributed by atoms with Crippen molar-refractivity contribution in [3.8, 4) is 0 Å². The second-order valence-electron chi connectivity index (χ2n) is 3.61. The molecule has 0 atom stereocenters. The molecule has 0 radical (unpaired) electrons. The number of carbonyl (C=O) groups excluding carboxylic acids is 2. The lowest BCUT2D eigenvalue weighted by Crippen LogP contribution is -2.36. The van der Waals surface area contributed by atoms with Crippen LogP contribution in [-0.2, 0) is 23.2 Å². The number of carbonyl (C=O) groups is 2. The fraction of sp³-hybridized carbons (Fsp3) is 0.444. The maximum Gasteiger partial charge on any atom is 0.267 e. The quantitative estimate of drug-likeness (QED) is 0.680. The van der Waals surface area contributed by atoms with Gasteiger partial charge >= 0.3 is 0 Å². The van der Waals surface area contributed by atoms with Crippen LogP contribution in [0.3, 0.4) is 0 Å². The highest BCUT2D eigenvalue weighted by Gasteiger charge is 2.18. The van der Waals surface area contributed by atoms with Crippen molar-refractivity contribution in [3.05, 3.63) is 12.2 Å². The second kappa shape index (κ2) is 4.73. The SMILES string of the molecule is Cn1cnc(CNC(=O)C2=NNC(=O)CC2)n1. The first-order chi connectivity index (χ1) is 8.15. The lowest BCUT2D eigenvalue weighted by molar-refractivity contribution is -0.121. The van der Waals surface area contributed by atoms with Gasteiger partial charge in [0, 0.05) is 19.9 Å². The zero-order valence-corrected chi connectivity index (χ0v) is 9.30. The number of aromatic nitrogens is 3. The molecule has 0 aliphatic carbocycles. The maximum atomic E-state index is 11.6. The molecule has 2 amide bonds. The minimum absolute atomic E-state index is 0.173. The van der Waals surface area contributed by atoms with Crippen LogP contribution >= 0.6 is 0 Å². The lowest BCUT2D eigenvalue weighted by Gasteiger charge is -2.10. The van der Waals surface area contributed by atoms with E-state index in [4.69, 9.17) is 0 Å². The molecular weight excluding hydrogens is 224 g/mol. The average molecular weight is 236 g/mol. The number of aryl methyl sites for hydroxylation is 1. The van der Waals surface area contributed by atoms with E-state index in [0.717, 1.165) is 0 Å². The van der Waals surface area contributed by atoms with Gasteiger partial charge in [-0.2, -0.15) is 10.2 Å². The van der Waals surface area contributed by atoms with Gasteiger partial charge in [0.05, 0.1) is 6.54 Å². The summed E-state index contributed by atoms with van der Waals surface area (Å²) in [5.41, 5.74) is 2.59. The van der Waals surface area contributed by atoms with Gasteiger partial charge in [0.1, 0.15) is 12.0 Å². The first-order valence-corrected chi connectivity index (χ1v) is 5.13. The highest BCUT2D eigenvalue weighted by molar-refractivity contribution is 6.39. The van der Waals surface area contributed by atoms with Crippen molar-refractivity contribution in [1.29, 1.82) is 0 Å². The van der Waals surface area contributed by atoms with Crippen LogP contribution in [0, 0.1) is 0 Å². The molecule has 0 unspecified atom stereocenters. The molecule has 0 bridgehead atoms. The summed E-state index contributed by atoms with van der Waals surface area (Å²) in [4.78, 5) is 26.4. The van der Waals surface area contributed by atoms with Gasteiger partial charge in [-0.15, -0.1) is 0 Å². The Balaban J connectivity index is 1.87. The summed E-state index contributed by atoms with van der Waals surface area (Å²) in [5, 5.41) is 10.3. The predicted molar refractivity (Wildman–Crippen MR) is 57.7 cm³/mol. The van der Waals surface area contributed by atoms with E-state index in [0.29, 0.717) is 18.0 Å². The van der Waals surface area contributed by atoms with Crippen molar-refractivity contribution >= 4 is 17.5 Å². The third kappa shape index (κ3) is 2.86. The van der Waals surface area contributed by atoms with Crippen LogP contribution in [0.15, 0.2) is 11.4 Å². The standard InChI is InChI=1S/C9H12N6O2/c1-15-5-11-7(14-15)4-10-9(17)6-2-3-8(16)13-12-6/h5H,2-4H2,1H3,(H,10,17)(H,13,16). The molecule has 0 aromatic carbocycles. The monoisotopic (exact) mass is 236 g/mol. The molecule has 8 heteroatoms. The predicted octanol–water partition coefficient (Wildman–Crippen LogP) is -1.30. The van der Waals surface area contributed by atoms with E-state index in [1.807, 2.05) is 0 Å². The van der Waals surface area contributed by atoms with Crippen LogP contribution in [-0.4, -0.2) is 32.3 Å². The fourth-order valence-corrected chi connectivity index (χ4v) is 1.36. The molecular formula is C9H12N6O2. The van der Waals surface area contributed by atoms with Gasteiger partial charge in [-0.05, 0) is 0 Å². The molecule has 1 aromatic rings. The Morgan fingerprint density at radius 2 is 2.41 bits per heavy atom. The zero-order valence-electron chi connectivity index (χ0n) is 9.30. The summed E-state index contributed by atoms with van der Waals surface area (Å²) < 4.78 is 1.56. The van der Waals surface area contributed by atoms with Crippen molar-refractivity contribution in [2.75, 3.05) is 0 Å². The van der Waals surface area contributed by atoms with Crippen molar-refractivity contribution in [2.45, 2.75) is 19.4 Å². The van der Waals surface area contributed by atoms with Crippen LogP contribution in [0.5, 0.6) is 0 Å². The van der Waals surface area contributed by atoms with E-state index in [-0.39, 0.29) is 24.8 Å². The molecule has 2 rings (SSSR count). The van der Waals surface area contributed by atoms with Gasteiger partial charge in [-0.25, -0.2) is 10.4 Å². The number of hydrogen-bond donors (Lipinski definition) is 2. The smallest absolute Gasteiger partial charge is 0.267 e. The Morgan fingerprint density at radius 1 is 1.59 bits per heavy atom. The largest absolute Gasteiger partial charge is 0.344 e. The van der Waals surface area contributed by atoms with Gasteiger partial charge in [0.2, 0.25) is 5.91 Å². The number of hydrazone groups is 1. The summed E-state index contributed by atoms with van der Waals surface area (Å²) >= 11 is 0. The minimum atomic E-state index is -0.308. The van der Waals surface area contributed by atoms with Gasteiger partial charge in [0.25, 0.3) is 5.91 Å². The first kappa shape index (κ1) is 11.2. The zero-order chi connectivity index (χ0) is 12.3. The van der Waals surface area contributed by atoms with Gasteiger partial charge in [0.15, 0.2) is 5.82 Å². The van der Waals surface area contributed by atoms with Crippen molar-refractivity contribution in [3.63, 3.8) is 0 Å². The molecule has 1 aliphatic heterocycles. The number of nitrogens with zero attached hydrogens (tertiary/aromatic N) is 4. The Kier molecular flexibility index (Phi) is 3.12. The lowest BCUT2D eigenvalue weighted by atomic mass is 10.1. The van der Waals surface area contributed by atoms with E-state index in [2.05, 4.69) is 25.9 Å². The van der Waals surface area contributed by atoms with E-state index in [9.17, 15) is 9.59 Å². The minimum Gasteiger partial charge on any atom is -0.344 e. The second-order valence-corrected chi connectivity index (χ2v) is 3.61. The topological polar surface area (TPSA) is 101 Å². The van der Waals surface area contributed by atoms with E-state index in [1.54, 1.807) is 18.1 Å². The molecule has 0 spiro atoms. The molecule has 8 nitrogen and oxygen atoms in total. The Bertz CT molecular complexity index is 478. The molecule has 1 aromatic heterocycles. The molecule has 0 saturated carbocycles. The molecule has 17 heavy (non-hydrogen) atoms. The van der Waals surface area contributed by atoms with Crippen LogP contribution in [0.4, 0.5) is 0 Å². The Labute approximate surface area is 97.1 Å². The van der Waals surface area contributed by atoms with Gasteiger partial charge in [-0.3, -0.25) is 14.3 Å². The third-order valence-electron chi connectivity index (χ3n) is 2.22. The van der Waals surface area contributed by atoms with Gasteiger partial charge in [-0.1, -0.05) is 0 Å². The van der Waals surface area contributed by atoms with E-state index in [1.165, 1.54) is 0 Å². The summed E-state index contributed by atoms with van der Waals surface area (Å²) in [6.45, 7) is 0.243. The number of amides is 2. The third-order valence-corrected chi connectivity index (χ3v) is 2.22. The molecule has 2 heterocycles. The first-order valence-electron chi connectivity index (χ1n) is 5.13. The number of rotatable bonds is 3. The summed E-state index contributed by atoms with van der Waals surface area (Å²) in [5.74, 6) is 0.0479. The number of nitrogens with one attached hydrogen (secondary N) is 2. The van der Waals surface area contributed by atoms with Crippen molar-refractivity contribution < 1.29 is 9.59 Å². The van der Waals surface area contributed by atoms with Crippen molar-refractivity contribution in [1.82, 2.24) is 25.5 Å². The highest BCUT2D eigenvalue weighted by Crippen LogP contribution is 1.99. The Morgan fingerprint density at radius 3 is 3.00 bits per heavy atom. The summed E-state index contributed by atoms with van der Waals surface area (Å²) in [7, 11) is 1.75. The van der Waals surface area contributed by atoms with E-state index >= 15 is 0 Å². The highest BCUT2D eigenvalue weighted by atomic mass is 16.2. The van der Waals surface area contributed by atoms with Gasteiger partial charge < -0.3 is 5.32 Å². The average Bonchev–Trinajstić information content (AvgIpc) is 2.73. The molecule has 1 aliphatic rings. The van der Waals surface area contributed by atoms with Crippen LogP contribution in [0.1, 0.15) is 18.7 Å². The van der Waals surface area contributed by atoms with E-state index < -0.39 is 0 Å².